The number of rotatable bonds is 1. The molecular weight excluding hydrogens is 219 g/mol. The van der Waals surface area contributed by atoms with Gasteiger partial charge in [0.1, 0.15) is 0 Å². The van der Waals surface area contributed by atoms with Crippen LogP contribution in [0, 0.1) is 22.2 Å². The summed E-state index contributed by atoms with van der Waals surface area (Å²) in [5.74, 6) is 0. The molecule has 0 saturated heterocycles. The van der Waals surface area contributed by atoms with Gasteiger partial charge in [-0.25, -0.2) is 0 Å². The highest BCUT2D eigenvalue weighted by atomic mass is 35.5. The Kier molecular flexibility index (Phi) is 2.58. The van der Waals surface area contributed by atoms with Crippen molar-refractivity contribution in [1.82, 2.24) is 0 Å². The normalized spacial score (nSPS) is 10.1. The highest BCUT2D eigenvalue weighted by Gasteiger charge is 2.24. The van der Waals surface area contributed by atoms with Gasteiger partial charge in [-0.1, -0.05) is 11.6 Å². The summed E-state index contributed by atoms with van der Waals surface area (Å²) in [5, 5.41) is 20.7. The van der Waals surface area contributed by atoms with E-state index in [0.29, 0.717) is 4.73 Å². The van der Waals surface area contributed by atoms with Crippen LogP contribution in [0.25, 0.3) is 0 Å². The minimum absolute atomic E-state index is 0.126. The van der Waals surface area contributed by atoms with Gasteiger partial charge < -0.3 is 5.21 Å². The summed E-state index contributed by atoms with van der Waals surface area (Å²) < 4.78 is 0.330. The lowest BCUT2D eigenvalue weighted by molar-refractivity contribution is -0.610. The van der Waals surface area contributed by atoms with Crippen LogP contribution in [-0.4, -0.2) is 4.92 Å². The quantitative estimate of drug-likeness (QED) is 0.240. The van der Waals surface area contributed by atoms with E-state index in [0.717, 1.165) is 6.07 Å². The molecule has 1 aromatic rings. The van der Waals surface area contributed by atoms with Crippen molar-refractivity contribution in [3.8, 4) is 0 Å². The summed E-state index contributed by atoms with van der Waals surface area (Å²) in [5.41, 5.74) is -0.239. The Morgan fingerprint density at radius 3 is 2.54 bits per heavy atom. The van der Waals surface area contributed by atoms with Gasteiger partial charge in [-0.3, -0.25) is 10.1 Å². The lowest BCUT2D eigenvalue weighted by atomic mass is 10.3. The van der Waals surface area contributed by atoms with Gasteiger partial charge in [0, 0.05) is 6.92 Å². The molecule has 1 aromatic heterocycles. The first kappa shape index (κ1) is 10.0. The van der Waals surface area contributed by atoms with E-state index in [4.69, 9.17) is 23.2 Å². The van der Waals surface area contributed by atoms with E-state index in [1.165, 1.54) is 6.92 Å². The monoisotopic (exact) mass is 222 g/mol. The molecule has 0 fully saturated rings. The van der Waals surface area contributed by atoms with Gasteiger partial charge in [-0.05, 0) is 11.6 Å². The van der Waals surface area contributed by atoms with Crippen LogP contribution in [0.2, 0.25) is 10.2 Å². The highest BCUT2D eigenvalue weighted by Crippen LogP contribution is 2.29. The number of halogens is 2. The predicted octanol–water partition coefficient (Wildman–Crippen LogP) is 1.84. The van der Waals surface area contributed by atoms with Crippen molar-refractivity contribution in [2.24, 2.45) is 0 Å². The first-order valence-corrected chi connectivity index (χ1v) is 3.93. The van der Waals surface area contributed by atoms with Gasteiger partial charge in [0.25, 0.3) is 0 Å². The molecule has 1 rings (SSSR count). The second-order valence-corrected chi connectivity index (χ2v) is 3.06. The van der Waals surface area contributed by atoms with E-state index in [-0.39, 0.29) is 21.6 Å². The van der Waals surface area contributed by atoms with Gasteiger partial charge >= 0.3 is 10.8 Å². The molecule has 13 heavy (non-hydrogen) atoms. The molecular formula is C6H4Cl2N2O3. The number of nitrogens with zero attached hydrogens (tertiary/aromatic N) is 2. The Morgan fingerprint density at radius 1 is 1.54 bits per heavy atom. The number of hydrogen-bond donors (Lipinski definition) is 0. The maximum Gasteiger partial charge on any atom is 0.312 e. The molecule has 0 radical (unpaired) electrons. The summed E-state index contributed by atoms with van der Waals surface area (Å²) in [4.78, 5) is 9.70. The molecule has 0 saturated carbocycles. The zero-order chi connectivity index (χ0) is 10.2. The molecule has 0 unspecified atom stereocenters. The minimum atomic E-state index is -0.693. The van der Waals surface area contributed by atoms with Crippen molar-refractivity contribution in [2.75, 3.05) is 0 Å². The molecule has 0 aromatic carbocycles. The lowest BCUT2D eigenvalue weighted by Crippen LogP contribution is -2.31. The van der Waals surface area contributed by atoms with Crippen LogP contribution in [-0.2, 0) is 0 Å². The topological polar surface area (TPSA) is 70.1 Å². The van der Waals surface area contributed by atoms with Gasteiger partial charge in [0.05, 0.1) is 11.0 Å². The number of pyridine rings is 1. The summed E-state index contributed by atoms with van der Waals surface area (Å²) >= 11 is 10.9. The largest absolute Gasteiger partial charge is 0.617 e. The van der Waals surface area contributed by atoms with E-state index in [2.05, 4.69) is 0 Å². The molecule has 0 spiro atoms. The fraction of sp³-hybridized carbons (Fsp3) is 0.167. The zero-order valence-corrected chi connectivity index (χ0v) is 7.96. The Labute approximate surface area is 83.2 Å². The Bertz CT molecular complexity index is 381. The fourth-order valence-corrected chi connectivity index (χ4v) is 1.23. The smallest absolute Gasteiger partial charge is 0.312 e. The van der Waals surface area contributed by atoms with E-state index < -0.39 is 4.92 Å². The number of nitro groups is 1. The molecule has 0 aliphatic rings. The third-order valence-electron chi connectivity index (χ3n) is 1.45. The van der Waals surface area contributed by atoms with Gasteiger partial charge in [0.15, 0.2) is 5.69 Å². The van der Waals surface area contributed by atoms with Gasteiger partial charge in [0.2, 0.25) is 5.02 Å². The van der Waals surface area contributed by atoms with Gasteiger partial charge in [-0.15, -0.1) is 0 Å². The van der Waals surface area contributed by atoms with E-state index >= 15 is 0 Å². The summed E-state index contributed by atoms with van der Waals surface area (Å²) in [7, 11) is 0. The molecule has 0 bridgehead atoms. The Balaban J connectivity index is 3.50. The molecule has 0 N–H and O–H groups in total. The van der Waals surface area contributed by atoms with Crippen LogP contribution in [0.3, 0.4) is 0 Å². The molecule has 0 aliphatic carbocycles. The van der Waals surface area contributed by atoms with Crippen molar-refractivity contribution in [2.45, 2.75) is 6.92 Å². The van der Waals surface area contributed by atoms with Crippen molar-refractivity contribution in [3.63, 3.8) is 0 Å². The van der Waals surface area contributed by atoms with Crippen molar-refractivity contribution < 1.29 is 9.65 Å². The van der Waals surface area contributed by atoms with Crippen LogP contribution < -0.4 is 4.73 Å². The molecule has 7 heteroatoms. The minimum Gasteiger partial charge on any atom is -0.617 e. The number of hydrogen-bond acceptors (Lipinski definition) is 3. The highest BCUT2D eigenvalue weighted by molar-refractivity contribution is 6.41. The summed E-state index contributed by atoms with van der Waals surface area (Å²) in [6.07, 6.45) is 0. The van der Waals surface area contributed by atoms with Crippen LogP contribution in [0.4, 0.5) is 5.69 Å². The molecule has 0 atom stereocenters. The average Bonchev–Trinajstić information content (AvgIpc) is 2.07. The second-order valence-electron chi connectivity index (χ2n) is 2.33. The standard InChI is InChI=1S/C6H4Cl2N2O3/c1-3-2-4(10(12)13)5(7)6(8)9(3)11/h2H,1H3. The van der Waals surface area contributed by atoms with E-state index in [1.54, 1.807) is 0 Å². The second kappa shape index (κ2) is 3.35. The van der Waals surface area contributed by atoms with Crippen LogP contribution >= 0.6 is 23.2 Å². The number of aryl methyl sites for hydroxylation is 1. The van der Waals surface area contributed by atoms with Crippen molar-refractivity contribution >= 4 is 28.9 Å². The first-order chi connectivity index (χ1) is 5.95. The maximum absolute atomic E-state index is 11.0. The molecule has 0 aliphatic heterocycles. The SMILES string of the molecule is Cc1cc([N+](=O)[O-])c(Cl)c(Cl)[n+]1[O-]. The molecule has 70 valence electrons. The van der Waals surface area contributed by atoms with Crippen molar-refractivity contribution in [3.05, 3.63) is 37.3 Å². The third kappa shape index (κ3) is 1.66. The molecule has 5 nitrogen and oxygen atoms in total. The molecule has 0 amide bonds. The van der Waals surface area contributed by atoms with Crippen molar-refractivity contribution in [1.29, 1.82) is 0 Å². The Morgan fingerprint density at radius 2 is 2.08 bits per heavy atom. The van der Waals surface area contributed by atoms with E-state index in [1.807, 2.05) is 0 Å². The first-order valence-electron chi connectivity index (χ1n) is 3.17. The zero-order valence-electron chi connectivity index (χ0n) is 6.45. The van der Waals surface area contributed by atoms with E-state index in [9.17, 15) is 15.3 Å². The Hall–Kier alpha value is -1.07. The summed E-state index contributed by atoms with van der Waals surface area (Å²) in [6.45, 7) is 1.40. The van der Waals surface area contributed by atoms with Crippen LogP contribution in [0.5, 0.6) is 0 Å². The average molecular weight is 223 g/mol. The van der Waals surface area contributed by atoms with Gasteiger partial charge in [-0.2, -0.15) is 4.73 Å². The van der Waals surface area contributed by atoms with Crippen LogP contribution in [0.1, 0.15) is 5.69 Å². The fourth-order valence-electron chi connectivity index (χ4n) is 0.802. The van der Waals surface area contributed by atoms with Crippen LogP contribution in [0.15, 0.2) is 6.07 Å². The number of aromatic nitrogens is 1. The maximum atomic E-state index is 11.0. The third-order valence-corrected chi connectivity index (χ3v) is 2.26. The molecule has 1 heterocycles. The predicted molar refractivity (Wildman–Crippen MR) is 46.8 cm³/mol. The lowest BCUT2D eigenvalue weighted by Gasteiger charge is -2.03. The summed E-state index contributed by atoms with van der Waals surface area (Å²) in [6, 6.07) is 1.07.